The van der Waals surface area contributed by atoms with Crippen molar-refractivity contribution in [2.75, 3.05) is 20.3 Å². The molecule has 0 radical (unpaired) electrons. The van der Waals surface area contributed by atoms with Gasteiger partial charge in [0.1, 0.15) is 0 Å². The minimum atomic E-state index is -0.995. The zero-order valence-corrected chi connectivity index (χ0v) is 17.7. The molecule has 0 spiro atoms. The zero-order valence-electron chi connectivity index (χ0n) is 16.9. The third-order valence-corrected chi connectivity index (χ3v) is 5.34. The van der Waals surface area contributed by atoms with Gasteiger partial charge in [-0.15, -0.1) is 0 Å². The molecule has 7 nitrogen and oxygen atoms in total. The number of nitrogens with zero attached hydrogens (tertiary/aromatic N) is 2. The van der Waals surface area contributed by atoms with Gasteiger partial charge in [-0.25, -0.2) is 9.79 Å². The van der Waals surface area contributed by atoms with E-state index in [1.165, 1.54) is 23.9 Å². The van der Waals surface area contributed by atoms with Gasteiger partial charge in [0.25, 0.3) is 5.91 Å². The molecule has 8 heteroatoms. The molecule has 2 aromatic carbocycles. The fraction of sp³-hybridized carbons (Fsp3) is 0.227. The number of amidine groups is 1. The molecule has 1 aliphatic rings. The Bertz CT molecular complexity index is 1010. The Morgan fingerprint density at radius 1 is 1.17 bits per heavy atom. The van der Waals surface area contributed by atoms with Crippen molar-refractivity contribution >= 4 is 40.6 Å². The quantitative estimate of drug-likeness (QED) is 0.660. The van der Waals surface area contributed by atoms with Crippen LogP contribution in [0.3, 0.4) is 0 Å². The number of amides is 1. The SMILES string of the molecule is CCOc1ccc(/C=C2\SC(=Nc3ccc(C(=O)O)cc3)N(CC)C2=O)cc1OC. The molecule has 0 aromatic heterocycles. The number of carboxylic acid groups (broad SMARTS) is 1. The lowest BCUT2D eigenvalue weighted by Gasteiger charge is -2.12. The van der Waals surface area contributed by atoms with Crippen LogP contribution in [-0.4, -0.2) is 47.3 Å². The highest BCUT2D eigenvalue weighted by atomic mass is 32.2. The molecule has 3 rings (SSSR count). The second-order valence-corrected chi connectivity index (χ2v) is 7.26. The van der Waals surface area contributed by atoms with Crippen molar-refractivity contribution in [3.8, 4) is 11.5 Å². The molecule has 1 fully saturated rings. The van der Waals surface area contributed by atoms with Gasteiger partial charge in [0, 0.05) is 6.54 Å². The summed E-state index contributed by atoms with van der Waals surface area (Å²) in [4.78, 5) is 30.5. The Labute approximate surface area is 179 Å². The zero-order chi connectivity index (χ0) is 21.7. The van der Waals surface area contributed by atoms with Crippen molar-refractivity contribution in [2.24, 2.45) is 4.99 Å². The molecule has 2 aromatic rings. The average molecular weight is 426 g/mol. The van der Waals surface area contributed by atoms with E-state index in [0.717, 1.165) is 5.56 Å². The maximum Gasteiger partial charge on any atom is 0.335 e. The number of carbonyl (C=O) groups excluding carboxylic acids is 1. The number of hydrogen-bond acceptors (Lipinski definition) is 6. The number of likely N-dealkylation sites (N-methyl/N-ethyl adjacent to an activating group) is 1. The molecule has 1 saturated heterocycles. The molecule has 0 bridgehead atoms. The summed E-state index contributed by atoms with van der Waals surface area (Å²) in [6.45, 7) is 4.79. The summed E-state index contributed by atoms with van der Waals surface area (Å²) >= 11 is 1.28. The number of benzene rings is 2. The molecule has 1 aliphatic heterocycles. The number of methoxy groups -OCH3 is 1. The summed E-state index contributed by atoms with van der Waals surface area (Å²) in [7, 11) is 1.57. The van der Waals surface area contributed by atoms with Gasteiger partial charge in [-0.2, -0.15) is 0 Å². The van der Waals surface area contributed by atoms with Crippen LogP contribution < -0.4 is 9.47 Å². The van der Waals surface area contributed by atoms with E-state index in [1.807, 2.05) is 32.0 Å². The van der Waals surface area contributed by atoms with Gasteiger partial charge in [-0.3, -0.25) is 9.69 Å². The second-order valence-electron chi connectivity index (χ2n) is 6.25. The third kappa shape index (κ3) is 4.65. The normalized spacial score (nSPS) is 16.4. The van der Waals surface area contributed by atoms with Crippen molar-refractivity contribution < 1.29 is 24.2 Å². The largest absolute Gasteiger partial charge is 0.493 e. The Morgan fingerprint density at radius 3 is 2.50 bits per heavy atom. The van der Waals surface area contributed by atoms with Gasteiger partial charge < -0.3 is 14.6 Å². The molecule has 0 aliphatic carbocycles. The summed E-state index contributed by atoms with van der Waals surface area (Å²) in [6, 6.07) is 11.7. The number of hydrogen-bond donors (Lipinski definition) is 1. The van der Waals surface area contributed by atoms with Crippen LogP contribution in [0.15, 0.2) is 52.4 Å². The standard InChI is InChI=1S/C22H22N2O5S/c1-4-24-20(25)19(13-14-6-11-17(29-5-2)18(12-14)28-3)30-22(24)23-16-9-7-15(8-10-16)21(26)27/h6-13H,4-5H2,1-3H3,(H,26,27)/b19-13-,23-22?. The van der Waals surface area contributed by atoms with Crippen LogP contribution in [0.1, 0.15) is 29.8 Å². The van der Waals surface area contributed by atoms with Crippen molar-refractivity contribution in [3.63, 3.8) is 0 Å². The maximum absolute atomic E-state index is 12.8. The van der Waals surface area contributed by atoms with Crippen LogP contribution >= 0.6 is 11.8 Å². The minimum absolute atomic E-state index is 0.128. The summed E-state index contributed by atoms with van der Waals surface area (Å²) < 4.78 is 10.9. The van der Waals surface area contributed by atoms with Gasteiger partial charge in [-0.1, -0.05) is 6.07 Å². The van der Waals surface area contributed by atoms with Gasteiger partial charge >= 0.3 is 5.97 Å². The van der Waals surface area contributed by atoms with Gasteiger partial charge in [0.15, 0.2) is 16.7 Å². The smallest absolute Gasteiger partial charge is 0.335 e. The Kier molecular flexibility index (Phi) is 6.79. The molecule has 0 unspecified atom stereocenters. The topological polar surface area (TPSA) is 88.4 Å². The predicted octanol–water partition coefficient (Wildman–Crippen LogP) is 4.42. The number of thioether (sulfide) groups is 1. The molecule has 1 N–H and O–H groups in total. The van der Waals surface area contributed by atoms with Crippen LogP contribution in [0.4, 0.5) is 5.69 Å². The maximum atomic E-state index is 12.8. The van der Waals surface area contributed by atoms with E-state index in [0.29, 0.717) is 40.4 Å². The number of carbonyl (C=O) groups is 2. The van der Waals surface area contributed by atoms with Crippen LogP contribution in [0, 0.1) is 0 Å². The van der Waals surface area contributed by atoms with E-state index >= 15 is 0 Å². The van der Waals surface area contributed by atoms with Crippen LogP contribution in [0.25, 0.3) is 6.08 Å². The first-order valence-corrected chi connectivity index (χ1v) is 10.2. The summed E-state index contributed by atoms with van der Waals surface area (Å²) in [5, 5.41) is 9.57. The average Bonchev–Trinajstić information content (AvgIpc) is 3.03. The van der Waals surface area contributed by atoms with E-state index in [9.17, 15) is 9.59 Å². The molecule has 0 atom stereocenters. The van der Waals surface area contributed by atoms with Crippen molar-refractivity contribution in [3.05, 3.63) is 58.5 Å². The highest BCUT2D eigenvalue weighted by Gasteiger charge is 2.32. The summed E-state index contributed by atoms with van der Waals surface area (Å²) in [5.41, 5.74) is 1.58. The van der Waals surface area contributed by atoms with Gasteiger partial charge in [0.05, 0.1) is 29.9 Å². The summed E-state index contributed by atoms with van der Waals surface area (Å²) in [5.74, 6) is 0.123. The first-order valence-electron chi connectivity index (χ1n) is 9.41. The highest BCUT2D eigenvalue weighted by Crippen LogP contribution is 2.35. The number of rotatable bonds is 7. The molecular weight excluding hydrogens is 404 g/mol. The van der Waals surface area contributed by atoms with Crippen molar-refractivity contribution in [1.29, 1.82) is 0 Å². The van der Waals surface area contributed by atoms with E-state index in [1.54, 1.807) is 30.2 Å². The van der Waals surface area contributed by atoms with E-state index in [2.05, 4.69) is 4.99 Å². The lowest BCUT2D eigenvalue weighted by molar-refractivity contribution is -0.122. The van der Waals surface area contributed by atoms with E-state index < -0.39 is 5.97 Å². The second kappa shape index (κ2) is 9.49. The van der Waals surface area contributed by atoms with E-state index in [4.69, 9.17) is 14.6 Å². The number of carboxylic acids is 1. The van der Waals surface area contributed by atoms with Gasteiger partial charge in [-0.05, 0) is 73.6 Å². The van der Waals surface area contributed by atoms with E-state index in [-0.39, 0.29) is 11.5 Å². The first-order chi connectivity index (χ1) is 14.5. The fourth-order valence-electron chi connectivity index (χ4n) is 2.86. The van der Waals surface area contributed by atoms with Crippen LogP contribution in [0.2, 0.25) is 0 Å². The van der Waals surface area contributed by atoms with Crippen LogP contribution in [0.5, 0.6) is 11.5 Å². The van der Waals surface area contributed by atoms with Crippen molar-refractivity contribution in [2.45, 2.75) is 13.8 Å². The molecule has 30 heavy (non-hydrogen) atoms. The molecule has 0 saturated carbocycles. The minimum Gasteiger partial charge on any atom is -0.493 e. The molecular formula is C22H22N2O5S. The predicted molar refractivity (Wildman–Crippen MR) is 118 cm³/mol. The monoisotopic (exact) mass is 426 g/mol. The number of ether oxygens (including phenoxy) is 2. The molecule has 1 heterocycles. The summed E-state index contributed by atoms with van der Waals surface area (Å²) in [6.07, 6.45) is 1.80. The lowest BCUT2D eigenvalue weighted by atomic mass is 10.2. The Hall–Kier alpha value is -3.26. The number of aliphatic imine (C=N–C) groups is 1. The highest BCUT2D eigenvalue weighted by molar-refractivity contribution is 8.18. The molecule has 156 valence electrons. The molecule has 1 amide bonds. The lowest BCUT2D eigenvalue weighted by Crippen LogP contribution is -2.28. The van der Waals surface area contributed by atoms with Crippen molar-refractivity contribution in [1.82, 2.24) is 4.90 Å². The Balaban J connectivity index is 1.89. The fourth-order valence-corrected chi connectivity index (χ4v) is 3.92. The van der Waals surface area contributed by atoms with Crippen LogP contribution in [-0.2, 0) is 4.79 Å². The Morgan fingerprint density at radius 2 is 1.90 bits per heavy atom. The van der Waals surface area contributed by atoms with Gasteiger partial charge in [0.2, 0.25) is 0 Å². The first kappa shape index (κ1) is 21.4. The number of aromatic carboxylic acids is 1. The third-order valence-electron chi connectivity index (χ3n) is 4.33.